The summed E-state index contributed by atoms with van der Waals surface area (Å²) in [5.74, 6) is 1.94. The highest BCUT2D eigenvalue weighted by atomic mass is 19.4. The van der Waals surface area contributed by atoms with Crippen molar-refractivity contribution >= 4 is 23.0 Å². The number of nitrogens with one attached hydrogen (secondary N) is 2. The lowest BCUT2D eigenvalue weighted by molar-refractivity contribution is -0.122. The Morgan fingerprint density at radius 3 is 2.80 bits per heavy atom. The van der Waals surface area contributed by atoms with Crippen LogP contribution in [0.4, 0.5) is 30.5 Å². The Balaban J connectivity index is 1.66. The lowest BCUT2D eigenvalue weighted by Crippen LogP contribution is -2.44. The normalized spacial score (nSPS) is 17.5. The largest absolute Gasteiger partial charge is 0.405 e. The summed E-state index contributed by atoms with van der Waals surface area (Å²) in [5.41, 5.74) is 2.26. The van der Waals surface area contributed by atoms with Crippen LogP contribution in [0.15, 0.2) is 49.4 Å². The smallest absolute Gasteiger partial charge is 0.375 e. The fraction of sp³-hybridized carbons (Fsp3) is 0.333. The SMILES string of the molecule is C=C(NCC(F)(F)F)c1nc2c(cc1C)N1CC[C@@H](C1)N2C(=C)Nc1ccccn1. The molecule has 1 fully saturated rings. The summed E-state index contributed by atoms with van der Waals surface area (Å²) in [6.45, 7) is 10.4. The molecule has 2 aliphatic heterocycles. The minimum absolute atomic E-state index is 0.142. The van der Waals surface area contributed by atoms with Gasteiger partial charge in [0, 0.05) is 19.3 Å². The number of pyridine rings is 2. The van der Waals surface area contributed by atoms with E-state index in [1.54, 1.807) is 6.20 Å². The fourth-order valence-electron chi connectivity index (χ4n) is 3.93. The van der Waals surface area contributed by atoms with Gasteiger partial charge in [0.05, 0.1) is 23.1 Å². The van der Waals surface area contributed by atoms with Crippen LogP contribution >= 0.6 is 0 Å². The topological polar surface area (TPSA) is 56.3 Å². The van der Waals surface area contributed by atoms with E-state index < -0.39 is 12.7 Å². The van der Waals surface area contributed by atoms with Crippen LogP contribution in [0.2, 0.25) is 0 Å². The summed E-state index contributed by atoms with van der Waals surface area (Å²) in [6.07, 6.45) is -1.71. The van der Waals surface area contributed by atoms with Crippen molar-refractivity contribution in [2.45, 2.75) is 25.6 Å². The fourth-order valence-corrected chi connectivity index (χ4v) is 3.93. The summed E-state index contributed by atoms with van der Waals surface area (Å²) >= 11 is 0. The van der Waals surface area contributed by atoms with Crippen molar-refractivity contribution in [2.75, 3.05) is 34.8 Å². The number of nitrogens with zero attached hydrogens (tertiary/aromatic N) is 4. The molecule has 1 atom stereocenters. The quantitative estimate of drug-likeness (QED) is 0.745. The standard InChI is InChI=1S/C21H23F3N6/c1-13-10-17-20(28-19(13)14(2)26-12-21(22,23)24)30(16-7-9-29(17)11-16)15(3)27-18-6-4-5-8-25-18/h4-6,8,10,16,26H,2-3,7,9,11-12H2,1H3,(H,25,27)/t16-/m0/s1. The van der Waals surface area contributed by atoms with Crippen molar-refractivity contribution in [1.29, 1.82) is 0 Å². The molecule has 0 aliphatic carbocycles. The molecule has 158 valence electrons. The van der Waals surface area contributed by atoms with Gasteiger partial charge in [-0.15, -0.1) is 0 Å². The highest BCUT2D eigenvalue weighted by molar-refractivity contribution is 5.78. The van der Waals surface area contributed by atoms with Gasteiger partial charge in [0.25, 0.3) is 0 Å². The summed E-state index contributed by atoms with van der Waals surface area (Å²) < 4.78 is 37.9. The number of rotatable bonds is 6. The molecule has 0 saturated carbocycles. The van der Waals surface area contributed by atoms with Crippen molar-refractivity contribution in [3.05, 3.63) is 60.7 Å². The zero-order valence-corrected chi connectivity index (χ0v) is 16.6. The molecule has 2 aromatic heterocycles. The zero-order chi connectivity index (χ0) is 21.5. The maximum Gasteiger partial charge on any atom is 0.405 e. The summed E-state index contributed by atoms with van der Waals surface area (Å²) in [5, 5.41) is 5.57. The molecule has 2 N–H and O–H groups in total. The molecule has 2 aliphatic rings. The Labute approximate surface area is 173 Å². The Bertz CT molecular complexity index is 973. The first kappa shape index (κ1) is 20.1. The van der Waals surface area contributed by atoms with E-state index in [2.05, 4.69) is 33.7 Å². The van der Waals surface area contributed by atoms with Crippen molar-refractivity contribution in [3.8, 4) is 0 Å². The number of halogens is 3. The Hall–Kier alpha value is -3.23. The van der Waals surface area contributed by atoms with E-state index in [1.807, 2.05) is 36.1 Å². The van der Waals surface area contributed by atoms with Gasteiger partial charge in [0.15, 0.2) is 5.82 Å². The van der Waals surface area contributed by atoms with E-state index in [1.165, 1.54) is 0 Å². The number of alkyl halides is 3. The maximum absolute atomic E-state index is 12.6. The summed E-state index contributed by atoms with van der Waals surface area (Å²) in [7, 11) is 0. The number of anilines is 3. The van der Waals surface area contributed by atoms with Gasteiger partial charge in [-0.3, -0.25) is 0 Å². The molecule has 4 rings (SSSR count). The molecule has 0 spiro atoms. The first-order chi connectivity index (χ1) is 14.2. The predicted octanol–water partition coefficient (Wildman–Crippen LogP) is 3.89. The summed E-state index contributed by atoms with van der Waals surface area (Å²) in [4.78, 5) is 13.3. The Morgan fingerprint density at radius 1 is 1.30 bits per heavy atom. The molecule has 6 nitrogen and oxygen atoms in total. The van der Waals surface area contributed by atoms with E-state index in [0.717, 1.165) is 30.8 Å². The first-order valence-corrected chi connectivity index (χ1v) is 9.65. The van der Waals surface area contributed by atoms with E-state index in [0.29, 0.717) is 23.2 Å². The molecule has 9 heteroatoms. The third kappa shape index (κ3) is 3.92. The number of hydrogen-bond donors (Lipinski definition) is 2. The lowest BCUT2D eigenvalue weighted by atomic mass is 10.1. The van der Waals surface area contributed by atoms with Gasteiger partial charge in [-0.2, -0.15) is 13.2 Å². The molecular weight excluding hydrogens is 393 g/mol. The molecule has 30 heavy (non-hydrogen) atoms. The predicted molar refractivity (Wildman–Crippen MR) is 112 cm³/mol. The van der Waals surface area contributed by atoms with Crippen LogP contribution in [0.3, 0.4) is 0 Å². The minimum atomic E-state index is -4.33. The number of fused-ring (bicyclic) bond motifs is 4. The third-order valence-electron chi connectivity index (χ3n) is 5.29. The van der Waals surface area contributed by atoms with E-state index in [9.17, 15) is 13.2 Å². The van der Waals surface area contributed by atoms with Crippen molar-refractivity contribution < 1.29 is 13.2 Å². The van der Waals surface area contributed by atoms with Crippen LogP contribution in [-0.4, -0.2) is 41.8 Å². The van der Waals surface area contributed by atoms with Gasteiger partial charge in [-0.05, 0) is 37.1 Å². The van der Waals surface area contributed by atoms with Crippen molar-refractivity contribution in [1.82, 2.24) is 15.3 Å². The van der Waals surface area contributed by atoms with Crippen LogP contribution in [0.5, 0.6) is 0 Å². The van der Waals surface area contributed by atoms with E-state index in [-0.39, 0.29) is 11.7 Å². The van der Waals surface area contributed by atoms with Gasteiger partial charge in [0.2, 0.25) is 0 Å². The second-order valence-electron chi connectivity index (χ2n) is 7.49. The highest BCUT2D eigenvalue weighted by Gasteiger charge is 2.39. The van der Waals surface area contributed by atoms with E-state index >= 15 is 0 Å². The van der Waals surface area contributed by atoms with E-state index in [4.69, 9.17) is 4.98 Å². The average molecular weight is 416 g/mol. The molecule has 4 heterocycles. The molecule has 1 saturated heterocycles. The number of aromatic nitrogens is 2. The van der Waals surface area contributed by atoms with Gasteiger partial charge in [-0.25, -0.2) is 9.97 Å². The average Bonchev–Trinajstić information content (AvgIpc) is 3.11. The van der Waals surface area contributed by atoms with Gasteiger partial charge in [-0.1, -0.05) is 19.2 Å². The minimum Gasteiger partial charge on any atom is -0.375 e. The zero-order valence-electron chi connectivity index (χ0n) is 16.6. The number of hydrogen-bond acceptors (Lipinski definition) is 6. The molecule has 0 aromatic carbocycles. The van der Waals surface area contributed by atoms with Crippen LogP contribution in [-0.2, 0) is 0 Å². The number of aryl methyl sites for hydroxylation is 1. The first-order valence-electron chi connectivity index (χ1n) is 9.65. The Kier molecular flexibility index (Phi) is 5.05. The van der Waals surface area contributed by atoms with Crippen LogP contribution in [0.1, 0.15) is 17.7 Å². The summed E-state index contributed by atoms with van der Waals surface area (Å²) in [6, 6.07) is 7.67. The van der Waals surface area contributed by atoms with Crippen LogP contribution < -0.4 is 20.4 Å². The van der Waals surface area contributed by atoms with Crippen molar-refractivity contribution in [2.24, 2.45) is 0 Å². The monoisotopic (exact) mass is 416 g/mol. The van der Waals surface area contributed by atoms with Crippen molar-refractivity contribution in [3.63, 3.8) is 0 Å². The molecule has 2 aromatic rings. The molecular formula is C21H23F3N6. The maximum atomic E-state index is 12.6. The highest BCUT2D eigenvalue weighted by Crippen LogP contribution is 2.42. The van der Waals surface area contributed by atoms with Crippen LogP contribution in [0.25, 0.3) is 5.70 Å². The molecule has 0 amide bonds. The second kappa shape index (κ2) is 7.55. The molecule has 2 bridgehead atoms. The second-order valence-corrected chi connectivity index (χ2v) is 7.49. The van der Waals surface area contributed by atoms with Gasteiger partial charge in [0.1, 0.15) is 18.2 Å². The van der Waals surface area contributed by atoms with Gasteiger partial charge >= 0.3 is 6.18 Å². The molecule has 0 radical (unpaired) electrons. The van der Waals surface area contributed by atoms with Crippen LogP contribution in [0, 0.1) is 6.92 Å². The lowest BCUT2D eigenvalue weighted by Gasteiger charge is -2.38. The molecule has 0 unspecified atom stereocenters. The van der Waals surface area contributed by atoms with Gasteiger partial charge < -0.3 is 20.4 Å². The Morgan fingerprint density at radius 2 is 2.10 bits per heavy atom. The third-order valence-corrected chi connectivity index (χ3v) is 5.29.